The second-order valence-corrected chi connectivity index (χ2v) is 1.94. The third kappa shape index (κ3) is 0.918. The fourth-order valence-electron chi connectivity index (χ4n) is 0.693. The molecule has 1 aliphatic carbocycles. The first-order valence-electron chi connectivity index (χ1n) is 2.68. The van der Waals surface area contributed by atoms with Crippen LogP contribution in [0.1, 0.15) is 19.3 Å². The Bertz CT molecular complexity index is 66.5. The fraction of sp³-hybridized carbons (Fsp3) is 0.800. The zero-order chi connectivity index (χ0) is 5.11. The molecule has 2 heteroatoms. The van der Waals surface area contributed by atoms with E-state index >= 15 is 0 Å². The third-order valence-electron chi connectivity index (χ3n) is 1.42. The van der Waals surface area contributed by atoms with Crippen LogP contribution in [0.3, 0.4) is 0 Å². The summed E-state index contributed by atoms with van der Waals surface area (Å²) in [5, 5.41) is 9.56. The van der Waals surface area contributed by atoms with Crippen LogP contribution >= 0.6 is 0 Å². The molecule has 0 heterocycles. The lowest BCUT2D eigenvalue weighted by atomic mass is 9.94. The van der Waals surface area contributed by atoms with E-state index in [0.29, 0.717) is 6.04 Å². The largest absolute Gasteiger partial charge is 0.374 e. The van der Waals surface area contributed by atoms with Crippen molar-refractivity contribution >= 4 is 6.34 Å². The van der Waals surface area contributed by atoms with Gasteiger partial charge >= 0.3 is 0 Å². The summed E-state index contributed by atoms with van der Waals surface area (Å²) in [6, 6.07) is 0.637. The van der Waals surface area contributed by atoms with E-state index < -0.39 is 0 Å². The van der Waals surface area contributed by atoms with Crippen LogP contribution in [-0.4, -0.2) is 12.4 Å². The topological polar surface area (TPSA) is 35.9 Å². The van der Waals surface area contributed by atoms with Gasteiger partial charge in [-0.2, -0.15) is 0 Å². The average molecular weight is 98.1 g/mol. The monoisotopic (exact) mass is 98.1 g/mol. The Balaban J connectivity index is 2.03. The molecule has 0 bridgehead atoms. The predicted octanol–water partition coefficient (Wildman–Crippen LogP) is 0.736. The van der Waals surface area contributed by atoms with Crippen molar-refractivity contribution in [3.05, 3.63) is 0 Å². The van der Waals surface area contributed by atoms with Crippen molar-refractivity contribution in [3.8, 4) is 0 Å². The molecular formula is C5H10N2. The Labute approximate surface area is 43.4 Å². The van der Waals surface area contributed by atoms with Crippen LogP contribution in [0.5, 0.6) is 0 Å². The van der Waals surface area contributed by atoms with Crippen molar-refractivity contribution in [2.24, 2.45) is 0 Å². The van der Waals surface area contributed by atoms with Gasteiger partial charge in [-0.15, -0.1) is 0 Å². The minimum absolute atomic E-state index is 0.637. The maximum Gasteiger partial charge on any atom is 0.0793 e. The first-order valence-corrected chi connectivity index (χ1v) is 2.68. The van der Waals surface area contributed by atoms with E-state index in [1.54, 1.807) is 0 Å². The van der Waals surface area contributed by atoms with Gasteiger partial charge in [-0.3, -0.25) is 5.41 Å². The van der Waals surface area contributed by atoms with Crippen molar-refractivity contribution in [3.63, 3.8) is 0 Å². The second-order valence-electron chi connectivity index (χ2n) is 1.94. The zero-order valence-electron chi connectivity index (χ0n) is 4.28. The summed E-state index contributed by atoms with van der Waals surface area (Å²) in [6.07, 6.45) is 5.14. The van der Waals surface area contributed by atoms with Gasteiger partial charge in [0.05, 0.1) is 6.34 Å². The predicted molar refractivity (Wildman–Crippen MR) is 29.6 cm³/mol. The summed E-state index contributed by atoms with van der Waals surface area (Å²) in [4.78, 5) is 0. The molecule has 1 saturated carbocycles. The first-order chi connectivity index (χ1) is 3.43. The molecule has 1 fully saturated rings. The van der Waals surface area contributed by atoms with Crippen LogP contribution in [-0.2, 0) is 0 Å². The lowest BCUT2D eigenvalue weighted by Gasteiger charge is -2.24. The van der Waals surface area contributed by atoms with E-state index in [1.165, 1.54) is 25.6 Å². The lowest BCUT2D eigenvalue weighted by Crippen LogP contribution is -2.33. The number of rotatable bonds is 2. The van der Waals surface area contributed by atoms with Crippen LogP contribution < -0.4 is 5.32 Å². The summed E-state index contributed by atoms with van der Waals surface area (Å²) in [5.74, 6) is 0. The molecular weight excluding hydrogens is 88.1 g/mol. The van der Waals surface area contributed by atoms with E-state index in [9.17, 15) is 0 Å². The Hall–Kier alpha value is -0.530. The van der Waals surface area contributed by atoms with E-state index in [4.69, 9.17) is 5.41 Å². The van der Waals surface area contributed by atoms with Gasteiger partial charge < -0.3 is 5.32 Å². The molecule has 0 spiro atoms. The highest BCUT2D eigenvalue weighted by Crippen LogP contribution is 2.16. The molecule has 2 N–H and O–H groups in total. The molecule has 0 aromatic rings. The van der Waals surface area contributed by atoms with Crippen molar-refractivity contribution in [1.82, 2.24) is 5.32 Å². The Kier molecular flexibility index (Phi) is 1.29. The molecule has 2 nitrogen and oxygen atoms in total. The molecule has 0 atom stereocenters. The van der Waals surface area contributed by atoms with Crippen molar-refractivity contribution in [1.29, 1.82) is 5.41 Å². The first kappa shape index (κ1) is 4.62. The summed E-state index contributed by atoms with van der Waals surface area (Å²) >= 11 is 0. The highest BCUT2D eigenvalue weighted by Gasteiger charge is 2.14. The molecule has 1 rings (SSSR count). The molecule has 0 aromatic carbocycles. The standard InChI is InChI=1S/C5H10N2/c6-4-7-5-2-1-3-5/h4-5H,1-3H2,(H2,6,7). The van der Waals surface area contributed by atoms with Gasteiger partial charge in [0.2, 0.25) is 0 Å². The van der Waals surface area contributed by atoms with Gasteiger partial charge in [0, 0.05) is 6.04 Å². The van der Waals surface area contributed by atoms with Gasteiger partial charge in [0.1, 0.15) is 0 Å². The number of nitrogens with one attached hydrogen (secondary N) is 2. The molecule has 0 saturated heterocycles. The van der Waals surface area contributed by atoms with Gasteiger partial charge in [-0.25, -0.2) is 0 Å². The van der Waals surface area contributed by atoms with Crippen LogP contribution in [0.15, 0.2) is 0 Å². The zero-order valence-corrected chi connectivity index (χ0v) is 4.28. The van der Waals surface area contributed by atoms with E-state index in [-0.39, 0.29) is 0 Å². The maximum absolute atomic E-state index is 6.63. The minimum Gasteiger partial charge on any atom is -0.374 e. The summed E-state index contributed by atoms with van der Waals surface area (Å²) < 4.78 is 0. The smallest absolute Gasteiger partial charge is 0.0793 e. The van der Waals surface area contributed by atoms with Crippen LogP contribution in [0.4, 0.5) is 0 Å². The lowest BCUT2D eigenvalue weighted by molar-refractivity contribution is 0.386. The van der Waals surface area contributed by atoms with Crippen LogP contribution in [0.25, 0.3) is 0 Å². The molecule has 7 heavy (non-hydrogen) atoms. The Morgan fingerprint density at radius 2 is 2.29 bits per heavy atom. The second kappa shape index (κ2) is 1.96. The minimum atomic E-state index is 0.637. The molecule has 0 radical (unpaired) electrons. The molecule has 0 amide bonds. The van der Waals surface area contributed by atoms with E-state index in [0.717, 1.165) is 0 Å². The Morgan fingerprint density at radius 3 is 2.43 bits per heavy atom. The molecule has 0 aromatic heterocycles. The van der Waals surface area contributed by atoms with Gasteiger partial charge in [-0.05, 0) is 19.3 Å². The highest BCUT2D eigenvalue weighted by atomic mass is 14.9. The normalized spacial score (nSPS) is 20.6. The van der Waals surface area contributed by atoms with E-state index in [1.807, 2.05) is 0 Å². The SMILES string of the molecule is N=CNC1CCC1. The number of hydrogen-bond donors (Lipinski definition) is 2. The summed E-state index contributed by atoms with van der Waals surface area (Å²) in [6.45, 7) is 0. The quantitative estimate of drug-likeness (QED) is 0.387. The van der Waals surface area contributed by atoms with Crippen molar-refractivity contribution < 1.29 is 0 Å². The number of hydrogen-bond acceptors (Lipinski definition) is 1. The van der Waals surface area contributed by atoms with Gasteiger partial charge in [0.25, 0.3) is 0 Å². The third-order valence-corrected chi connectivity index (χ3v) is 1.42. The fourth-order valence-corrected chi connectivity index (χ4v) is 0.693. The van der Waals surface area contributed by atoms with Crippen LogP contribution in [0.2, 0.25) is 0 Å². The summed E-state index contributed by atoms with van der Waals surface area (Å²) in [7, 11) is 0. The average Bonchev–Trinajstić information content (AvgIpc) is 1.55. The highest BCUT2D eigenvalue weighted by molar-refractivity contribution is 5.50. The summed E-state index contributed by atoms with van der Waals surface area (Å²) in [5.41, 5.74) is 0. The van der Waals surface area contributed by atoms with Gasteiger partial charge in [0.15, 0.2) is 0 Å². The molecule has 0 unspecified atom stereocenters. The van der Waals surface area contributed by atoms with Crippen molar-refractivity contribution in [2.45, 2.75) is 25.3 Å². The van der Waals surface area contributed by atoms with Crippen LogP contribution in [0, 0.1) is 5.41 Å². The molecule has 40 valence electrons. The molecule has 0 aliphatic heterocycles. The Morgan fingerprint density at radius 1 is 1.57 bits per heavy atom. The van der Waals surface area contributed by atoms with Gasteiger partial charge in [-0.1, -0.05) is 0 Å². The maximum atomic E-state index is 6.63. The van der Waals surface area contributed by atoms with Crippen molar-refractivity contribution in [2.75, 3.05) is 0 Å². The van der Waals surface area contributed by atoms with E-state index in [2.05, 4.69) is 5.32 Å². The molecule has 1 aliphatic rings.